The van der Waals surface area contributed by atoms with Gasteiger partial charge < -0.3 is 0 Å². The standard InChI is InChI=1S/C10N10O8/c21-17(22)7-1-2(4-6(14-16-12-4)9(7)19(25)26)8(18(23)24)10(20(27)28)5-3(1)11-15-13-5. The molecule has 2 heterocycles. The zero-order valence-electron chi connectivity index (χ0n) is 12.7. The Labute approximate surface area is 147 Å². The SMILES string of the molecule is O=[N+]([O-])c1c2c(c3c([N+](=O)[O-])c([N+](=O)[O-])c4c(c3c1[N+](=O)[O-])=NN=N4)=NN=N2. The van der Waals surface area contributed by atoms with Gasteiger partial charge >= 0.3 is 22.7 Å². The Kier molecular flexibility index (Phi) is 3.13. The number of hydrogen-bond donors (Lipinski definition) is 0. The Bertz CT molecular complexity index is 1270. The van der Waals surface area contributed by atoms with E-state index in [1.54, 1.807) is 0 Å². The van der Waals surface area contributed by atoms with E-state index in [1.165, 1.54) is 0 Å². The molecule has 0 radical (unpaired) electrons. The summed E-state index contributed by atoms with van der Waals surface area (Å²) in [7, 11) is 0. The van der Waals surface area contributed by atoms with Crippen LogP contribution < -0.4 is 10.7 Å². The van der Waals surface area contributed by atoms with Crippen molar-refractivity contribution in [1.82, 2.24) is 0 Å². The zero-order chi connectivity index (χ0) is 20.3. The van der Waals surface area contributed by atoms with Gasteiger partial charge in [-0.3, -0.25) is 40.5 Å². The molecule has 0 N–H and O–H groups in total. The van der Waals surface area contributed by atoms with E-state index in [0.29, 0.717) is 0 Å². The minimum atomic E-state index is -1.22. The molecule has 0 aromatic heterocycles. The molecule has 0 unspecified atom stereocenters. The molecule has 2 aliphatic heterocycles. The molecular formula is C10N10O8. The first-order valence-corrected chi connectivity index (χ1v) is 6.80. The summed E-state index contributed by atoms with van der Waals surface area (Å²) in [5.41, 5.74) is -6.23. The second-order valence-electron chi connectivity index (χ2n) is 5.15. The van der Waals surface area contributed by atoms with Crippen molar-refractivity contribution in [2.45, 2.75) is 0 Å². The van der Waals surface area contributed by atoms with Gasteiger partial charge in [-0.15, -0.1) is 20.4 Å². The number of fused-ring (bicyclic) bond motifs is 5. The average Bonchev–Trinajstić information content (AvgIpc) is 3.26. The number of nitrogens with zero attached hydrogens (tertiary/aromatic N) is 10. The molecule has 0 saturated carbocycles. The zero-order valence-corrected chi connectivity index (χ0v) is 12.7. The highest BCUT2D eigenvalue weighted by Crippen LogP contribution is 2.47. The quantitative estimate of drug-likeness (QED) is 0.549. The summed E-state index contributed by atoms with van der Waals surface area (Å²) in [4.78, 5) is 41.5. The van der Waals surface area contributed by atoms with E-state index in [0.717, 1.165) is 0 Å². The van der Waals surface area contributed by atoms with Crippen LogP contribution in [0.1, 0.15) is 0 Å². The number of benzene rings is 2. The third kappa shape index (κ3) is 1.89. The highest BCUT2D eigenvalue weighted by molar-refractivity contribution is 6.08. The molecule has 4 rings (SSSR count). The minimum Gasteiger partial charge on any atom is -0.258 e. The van der Waals surface area contributed by atoms with Gasteiger partial charge in [0, 0.05) is 0 Å². The largest absolute Gasteiger partial charge is 0.376 e. The molecule has 2 aliphatic rings. The summed E-state index contributed by atoms with van der Waals surface area (Å²) >= 11 is 0. The maximum Gasteiger partial charge on any atom is 0.376 e. The van der Waals surface area contributed by atoms with Crippen LogP contribution >= 0.6 is 0 Å². The van der Waals surface area contributed by atoms with Gasteiger partial charge in [-0.1, -0.05) is 0 Å². The van der Waals surface area contributed by atoms with Gasteiger partial charge in [-0.05, 0) is 10.4 Å². The maximum atomic E-state index is 11.6. The summed E-state index contributed by atoms with van der Waals surface area (Å²) in [6.45, 7) is 0. The monoisotopic (exact) mass is 388 g/mol. The Morgan fingerprint density at radius 2 is 0.857 bits per heavy atom. The second kappa shape index (κ2) is 5.30. The van der Waals surface area contributed by atoms with E-state index in [-0.39, 0.29) is 0 Å². The van der Waals surface area contributed by atoms with Crippen LogP contribution in [0.25, 0.3) is 10.8 Å². The Morgan fingerprint density at radius 1 is 0.536 bits per heavy atom. The fourth-order valence-electron chi connectivity index (χ4n) is 2.93. The van der Waals surface area contributed by atoms with Gasteiger partial charge in [0.05, 0.1) is 19.7 Å². The summed E-state index contributed by atoms with van der Waals surface area (Å²) in [5, 5.41) is 63.3. The number of nitro benzene ring substituents is 4. The Balaban J connectivity index is 2.49. The molecule has 138 valence electrons. The van der Waals surface area contributed by atoms with Gasteiger partial charge in [0.1, 0.15) is 21.5 Å². The van der Waals surface area contributed by atoms with Crippen molar-refractivity contribution in [3.63, 3.8) is 0 Å². The van der Waals surface area contributed by atoms with E-state index in [4.69, 9.17) is 0 Å². The van der Waals surface area contributed by atoms with Crippen LogP contribution in [0.2, 0.25) is 0 Å². The van der Waals surface area contributed by atoms with E-state index < -0.39 is 75.3 Å². The van der Waals surface area contributed by atoms with Crippen LogP contribution in [0.5, 0.6) is 0 Å². The van der Waals surface area contributed by atoms with Crippen LogP contribution in [0, 0.1) is 40.5 Å². The van der Waals surface area contributed by atoms with E-state index in [1.807, 2.05) is 0 Å². The molecule has 18 nitrogen and oxygen atoms in total. The molecule has 2 aromatic rings. The van der Waals surface area contributed by atoms with Crippen LogP contribution in [0.4, 0.5) is 34.1 Å². The van der Waals surface area contributed by atoms with E-state index in [9.17, 15) is 40.5 Å². The first-order chi connectivity index (χ1) is 13.3. The fourth-order valence-corrected chi connectivity index (χ4v) is 2.93. The lowest BCUT2D eigenvalue weighted by molar-refractivity contribution is -0.422. The molecule has 0 spiro atoms. The third-order valence-electron chi connectivity index (χ3n) is 3.85. The number of rotatable bonds is 4. The maximum absolute atomic E-state index is 11.6. The molecule has 0 amide bonds. The van der Waals surface area contributed by atoms with Gasteiger partial charge in [-0.25, -0.2) is 0 Å². The van der Waals surface area contributed by atoms with Gasteiger partial charge in [-0.2, -0.15) is 0 Å². The molecule has 0 aliphatic carbocycles. The molecule has 2 aromatic carbocycles. The van der Waals surface area contributed by atoms with Crippen molar-refractivity contribution < 1.29 is 19.7 Å². The highest BCUT2D eigenvalue weighted by atomic mass is 16.6. The Hall–Kier alpha value is -4.90. The fraction of sp³-hybridized carbons (Fsp3) is 0. The Morgan fingerprint density at radius 3 is 1.14 bits per heavy atom. The van der Waals surface area contributed by atoms with Gasteiger partial charge in [0.2, 0.25) is 11.4 Å². The van der Waals surface area contributed by atoms with Crippen LogP contribution in [0.3, 0.4) is 0 Å². The molecular weight excluding hydrogens is 388 g/mol. The lowest BCUT2D eigenvalue weighted by Gasteiger charge is -2.05. The molecule has 0 atom stereocenters. The van der Waals surface area contributed by atoms with Crippen molar-refractivity contribution in [3.05, 3.63) is 51.2 Å². The van der Waals surface area contributed by atoms with Crippen LogP contribution in [-0.2, 0) is 0 Å². The van der Waals surface area contributed by atoms with Crippen LogP contribution in [0.15, 0.2) is 30.9 Å². The van der Waals surface area contributed by atoms with E-state index in [2.05, 4.69) is 30.9 Å². The average molecular weight is 388 g/mol. The van der Waals surface area contributed by atoms with Crippen molar-refractivity contribution in [3.8, 4) is 0 Å². The first kappa shape index (κ1) is 16.6. The summed E-state index contributed by atoms with van der Waals surface area (Å²) in [6, 6.07) is 0. The van der Waals surface area contributed by atoms with Crippen molar-refractivity contribution in [2.24, 2.45) is 30.9 Å². The molecule has 0 saturated heterocycles. The van der Waals surface area contributed by atoms with Gasteiger partial charge in [0.25, 0.3) is 0 Å². The summed E-state index contributed by atoms with van der Waals surface area (Å²) in [5.74, 6) is 0. The molecule has 28 heavy (non-hydrogen) atoms. The predicted molar refractivity (Wildman–Crippen MR) is 81.9 cm³/mol. The third-order valence-corrected chi connectivity index (χ3v) is 3.85. The molecule has 0 fully saturated rings. The van der Waals surface area contributed by atoms with Crippen molar-refractivity contribution in [1.29, 1.82) is 0 Å². The number of hydrogen-bond acceptors (Lipinski definition) is 14. The smallest absolute Gasteiger partial charge is 0.258 e. The lowest BCUT2D eigenvalue weighted by atomic mass is 10.00. The topological polar surface area (TPSA) is 247 Å². The lowest BCUT2D eigenvalue weighted by Crippen LogP contribution is -2.17. The molecule has 0 bridgehead atoms. The van der Waals surface area contributed by atoms with Crippen molar-refractivity contribution >= 4 is 44.9 Å². The predicted octanol–water partition coefficient (Wildman–Crippen LogP) is 1.74. The summed E-state index contributed by atoms with van der Waals surface area (Å²) in [6.07, 6.45) is 0. The first-order valence-electron chi connectivity index (χ1n) is 6.80. The molecule has 18 heteroatoms. The number of nitro groups is 4. The highest BCUT2D eigenvalue weighted by Gasteiger charge is 2.45. The second-order valence-corrected chi connectivity index (χ2v) is 5.15. The summed E-state index contributed by atoms with van der Waals surface area (Å²) < 4.78 is 0. The van der Waals surface area contributed by atoms with Gasteiger partial charge in [0.15, 0.2) is 0 Å². The normalized spacial score (nSPS) is 13.0. The van der Waals surface area contributed by atoms with Crippen molar-refractivity contribution in [2.75, 3.05) is 0 Å². The van der Waals surface area contributed by atoms with Crippen LogP contribution in [-0.4, -0.2) is 19.7 Å². The minimum absolute atomic E-state index is 0.605. The van der Waals surface area contributed by atoms with E-state index >= 15 is 0 Å².